The Kier molecular flexibility index (Phi) is 6.01. The highest BCUT2D eigenvalue weighted by atomic mass is 32.2. The van der Waals surface area contributed by atoms with Gasteiger partial charge in [0.15, 0.2) is 0 Å². The molecular formula is C19H28F3N5O3S. The van der Waals surface area contributed by atoms with Crippen LogP contribution in [0.15, 0.2) is 12.1 Å². The summed E-state index contributed by atoms with van der Waals surface area (Å²) in [7, 11) is -0.505. The van der Waals surface area contributed by atoms with E-state index < -0.39 is 33.5 Å². The Morgan fingerprint density at radius 2 is 2.03 bits per heavy atom. The molecule has 8 nitrogen and oxygen atoms in total. The number of hydrogen-bond donors (Lipinski definition) is 3. The molecule has 1 aromatic carbocycles. The van der Waals surface area contributed by atoms with Gasteiger partial charge in [0, 0.05) is 26.7 Å². The summed E-state index contributed by atoms with van der Waals surface area (Å²) in [5.41, 5.74) is 5.16. The lowest BCUT2D eigenvalue weighted by molar-refractivity contribution is -0.186. The van der Waals surface area contributed by atoms with Crippen LogP contribution < -0.4 is 25.2 Å². The topological polar surface area (TPSA) is 85.9 Å². The van der Waals surface area contributed by atoms with Gasteiger partial charge in [-0.15, -0.1) is 0 Å². The number of alkyl halides is 3. The van der Waals surface area contributed by atoms with Crippen molar-refractivity contribution in [1.82, 2.24) is 15.6 Å². The van der Waals surface area contributed by atoms with Crippen molar-refractivity contribution in [3.63, 3.8) is 0 Å². The maximum Gasteiger partial charge on any atom is 0.391 e. The van der Waals surface area contributed by atoms with Crippen LogP contribution in [0.4, 0.5) is 24.5 Å². The first-order chi connectivity index (χ1) is 14.6. The number of nitrogens with one attached hydrogen (secondary N) is 3. The highest BCUT2D eigenvalue weighted by Crippen LogP contribution is 2.41. The predicted molar refractivity (Wildman–Crippen MR) is 111 cm³/mol. The van der Waals surface area contributed by atoms with Crippen LogP contribution in [-0.2, 0) is 16.6 Å². The lowest BCUT2D eigenvalue weighted by atomic mass is 9.95. The Labute approximate surface area is 180 Å². The Balaban J connectivity index is 1.49. The summed E-state index contributed by atoms with van der Waals surface area (Å²) in [6.45, 7) is 1.46. The van der Waals surface area contributed by atoms with Crippen molar-refractivity contribution in [2.75, 3.05) is 43.5 Å². The standard InChI is InChI=1S/C19H28F3N5O3S/c1-26-18-12(10-24-26)3-4-15(30-2)17(18)25-31(28,29)14-6-8-27(11-14)16-9-13(5-7-23-16)19(20,21)22/h3-4,13-14,16,23-25H,5-11H2,1-2H3. The monoisotopic (exact) mass is 463 g/mol. The number of nitrogens with zero attached hydrogens (tertiary/aromatic N) is 2. The second kappa shape index (κ2) is 8.30. The van der Waals surface area contributed by atoms with E-state index in [1.165, 1.54) is 7.11 Å². The lowest BCUT2D eigenvalue weighted by Crippen LogP contribution is -2.52. The Morgan fingerprint density at radius 3 is 2.74 bits per heavy atom. The highest BCUT2D eigenvalue weighted by molar-refractivity contribution is 7.93. The van der Waals surface area contributed by atoms with Gasteiger partial charge in [-0.1, -0.05) is 6.07 Å². The minimum atomic E-state index is -4.22. The van der Waals surface area contributed by atoms with E-state index in [1.807, 2.05) is 11.0 Å². The normalized spacial score (nSPS) is 27.4. The first kappa shape index (κ1) is 22.4. The molecule has 0 spiro atoms. The van der Waals surface area contributed by atoms with Crippen molar-refractivity contribution in [1.29, 1.82) is 0 Å². The second-order valence-corrected chi connectivity index (χ2v) is 10.3. The Bertz CT molecular complexity index is 927. The first-order valence-corrected chi connectivity index (χ1v) is 11.9. The molecule has 174 valence electrons. The van der Waals surface area contributed by atoms with Gasteiger partial charge in [0.05, 0.1) is 30.1 Å². The summed E-state index contributed by atoms with van der Waals surface area (Å²) in [6.07, 6.45) is -4.34. The van der Waals surface area contributed by atoms with E-state index in [-0.39, 0.29) is 25.9 Å². The lowest BCUT2D eigenvalue weighted by Gasteiger charge is -2.36. The molecule has 0 radical (unpaired) electrons. The number of benzene rings is 1. The summed E-state index contributed by atoms with van der Waals surface area (Å²) >= 11 is 0. The van der Waals surface area contributed by atoms with Gasteiger partial charge in [-0.05, 0) is 37.4 Å². The van der Waals surface area contributed by atoms with Gasteiger partial charge >= 0.3 is 6.18 Å². The zero-order chi connectivity index (χ0) is 22.4. The van der Waals surface area contributed by atoms with E-state index >= 15 is 0 Å². The molecule has 3 aliphatic rings. The van der Waals surface area contributed by atoms with Crippen LogP contribution in [0, 0.1) is 5.92 Å². The van der Waals surface area contributed by atoms with E-state index in [0.29, 0.717) is 36.6 Å². The third-order valence-corrected chi connectivity index (χ3v) is 8.18. The smallest absolute Gasteiger partial charge is 0.391 e. The maximum absolute atomic E-state index is 13.2. The van der Waals surface area contributed by atoms with Crippen molar-refractivity contribution < 1.29 is 26.3 Å². The van der Waals surface area contributed by atoms with Gasteiger partial charge in [0.1, 0.15) is 11.4 Å². The fourth-order valence-corrected chi connectivity index (χ4v) is 6.13. The quantitative estimate of drug-likeness (QED) is 0.615. The molecule has 0 aromatic heterocycles. The molecular weight excluding hydrogens is 435 g/mol. The summed E-state index contributed by atoms with van der Waals surface area (Å²) in [6, 6.07) is 3.60. The minimum Gasteiger partial charge on any atom is -0.494 e. The number of sulfonamides is 1. The molecule has 0 bridgehead atoms. The summed E-state index contributed by atoms with van der Waals surface area (Å²) in [4.78, 5) is 1.82. The van der Waals surface area contributed by atoms with Crippen LogP contribution in [0.1, 0.15) is 24.8 Å². The van der Waals surface area contributed by atoms with Gasteiger partial charge in [-0.3, -0.25) is 9.62 Å². The van der Waals surface area contributed by atoms with Crippen molar-refractivity contribution in [3.8, 4) is 5.75 Å². The molecule has 3 heterocycles. The molecule has 12 heteroatoms. The van der Waals surface area contributed by atoms with Gasteiger partial charge in [-0.2, -0.15) is 13.2 Å². The molecule has 3 aliphatic heterocycles. The molecule has 3 atom stereocenters. The number of likely N-dealkylation sites (tertiary alicyclic amines) is 1. The molecule has 4 rings (SSSR count). The zero-order valence-corrected chi connectivity index (χ0v) is 18.3. The second-order valence-electron chi connectivity index (χ2n) is 8.33. The van der Waals surface area contributed by atoms with Gasteiger partial charge in [0.2, 0.25) is 10.0 Å². The molecule has 0 saturated carbocycles. The van der Waals surface area contributed by atoms with E-state index in [2.05, 4.69) is 15.5 Å². The van der Waals surface area contributed by atoms with Gasteiger partial charge < -0.3 is 15.1 Å². The van der Waals surface area contributed by atoms with Crippen LogP contribution in [0.2, 0.25) is 0 Å². The first-order valence-electron chi connectivity index (χ1n) is 10.3. The number of hydrogen-bond acceptors (Lipinski definition) is 7. The van der Waals surface area contributed by atoms with Crippen LogP contribution in [0.3, 0.4) is 0 Å². The molecule has 1 aromatic rings. The van der Waals surface area contributed by atoms with E-state index in [9.17, 15) is 21.6 Å². The third kappa shape index (κ3) is 4.43. The number of anilines is 2. The molecule has 2 saturated heterocycles. The average Bonchev–Trinajstić information content (AvgIpc) is 3.36. The molecule has 2 fully saturated rings. The molecule has 0 amide bonds. The molecule has 0 aliphatic carbocycles. The minimum absolute atomic E-state index is 0.0532. The number of piperidine rings is 1. The fourth-order valence-electron chi connectivity index (χ4n) is 4.68. The van der Waals surface area contributed by atoms with Gasteiger partial charge in [-0.25, -0.2) is 13.8 Å². The van der Waals surface area contributed by atoms with E-state index in [1.54, 1.807) is 18.1 Å². The van der Waals surface area contributed by atoms with Gasteiger partial charge in [0.25, 0.3) is 0 Å². The number of hydrazine groups is 1. The highest BCUT2D eigenvalue weighted by Gasteiger charge is 2.45. The van der Waals surface area contributed by atoms with Crippen LogP contribution in [0.25, 0.3) is 0 Å². The maximum atomic E-state index is 13.2. The van der Waals surface area contributed by atoms with Crippen LogP contribution in [0.5, 0.6) is 5.75 Å². The third-order valence-electron chi connectivity index (χ3n) is 6.43. The fraction of sp³-hybridized carbons (Fsp3) is 0.684. The average molecular weight is 464 g/mol. The summed E-state index contributed by atoms with van der Waals surface area (Å²) < 4.78 is 73.9. The number of methoxy groups -OCH3 is 1. The number of ether oxygens (including phenoxy) is 1. The van der Waals surface area contributed by atoms with E-state index in [0.717, 1.165) is 5.56 Å². The van der Waals surface area contributed by atoms with Crippen molar-refractivity contribution in [2.45, 2.75) is 43.4 Å². The molecule has 3 unspecified atom stereocenters. The van der Waals surface area contributed by atoms with Crippen molar-refractivity contribution in [2.24, 2.45) is 5.92 Å². The summed E-state index contributed by atoms with van der Waals surface area (Å²) in [5.74, 6) is -0.943. The SMILES string of the molecule is COc1ccc2c(c1NS(=O)(=O)C1CCN(C3CC(C(F)(F)F)CCN3)C1)N(C)NC2. The zero-order valence-electron chi connectivity index (χ0n) is 17.5. The Morgan fingerprint density at radius 1 is 1.26 bits per heavy atom. The van der Waals surface area contributed by atoms with Crippen molar-refractivity contribution >= 4 is 21.4 Å². The van der Waals surface area contributed by atoms with E-state index in [4.69, 9.17) is 4.74 Å². The summed E-state index contributed by atoms with van der Waals surface area (Å²) in [5, 5.41) is 4.15. The predicted octanol–water partition coefficient (Wildman–Crippen LogP) is 1.85. The van der Waals surface area contributed by atoms with Crippen molar-refractivity contribution in [3.05, 3.63) is 17.7 Å². The van der Waals surface area contributed by atoms with Crippen LogP contribution in [-0.4, -0.2) is 64.7 Å². The molecule has 31 heavy (non-hydrogen) atoms. The van der Waals surface area contributed by atoms with Crippen LogP contribution >= 0.6 is 0 Å². The number of rotatable bonds is 5. The largest absolute Gasteiger partial charge is 0.494 e. The Hall–Kier alpha value is -1.76. The number of halogens is 3. The number of fused-ring (bicyclic) bond motifs is 1. The molecule has 3 N–H and O–H groups in total.